The second kappa shape index (κ2) is 5.21. The molecule has 1 fully saturated rings. The van der Waals surface area contributed by atoms with E-state index in [9.17, 15) is 0 Å². The summed E-state index contributed by atoms with van der Waals surface area (Å²) < 4.78 is 5.78. The van der Waals surface area contributed by atoms with Crippen LogP contribution >= 0.6 is 0 Å². The number of nitrogens with two attached hydrogens (primary N) is 1. The normalized spacial score (nSPS) is 21.9. The van der Waals surface area contributed by atoms with Gasteiger partial charge in [-0.15, -0.1) is 0 Å². The van der Waals surface area contributed by atoms with E-state index >= 15 is 0 Å². The number of hydrogen-bond donors (Lipinski definition) is 1. The van der Waals surface area contributed by atoms with Gasteiger partial charge in [-0.25, -0.2) is 0 Å². The highest BCUT2D eigenvalue weighted by atomic mass is 16.5. The van der Waals surface area contributed by atoms with Crippen molar-refractivity contribution in [3.8, 4) is 5.75 Å². The number of likely N-dealkylation sites (N-methyl/N-ethyl adjacent to an activating group) is 1. The van der Waals surface area contributed by atoms with E-state index in [4.69, 9.17) is 10.5 Å². The molecule has 1 unspecified atom stereocenters. The van der Waals surface area contributed by atoms with Gasteiger partial charge in [-0.1, -0.05) is 18.6 Å². The fraction of sp³-hybridized carbons (Fsp3) is 0.538. The van der Waals surface area contributed by atoms with Gasteiger partial charge in [-0.05, 0) is 38.6 Å². The van der Waals surface area contributed by atoms with Gasteiger partial charge in [0.05, 0.1) is 5.69 Å². The molecule has 1 aromatic rings. The summed E-state index contributed by atoms with van der Waals surface area (Å²) in [5.74, 6) is 0.807. The van der Waals surface area contributed by atoms with Crippen LogP contribution in [0, 0.1) is 0 Å². The van der Waals surface area contributed by atoms with Crippen molar-refractivity contribution in [3.63, 3.8) is 0 Å². The van der Waals surface area contributed by atoms with E-state index in [1.807, 2.05) is 24.3 Å². The molecule has 3 nitrogen and oxygen atoms in total. The summed E-state index contributed by atoms with van der Waals surface area (Å²) >= 11 is 0. The number of ether oxygens (including phenoxy) is 1. The Kier molecular flexibility index (Phi) is 3.67. The van der Waals surface area contributed by atoms with Crippen molar-refractivity contribution in [1.82, 2.24) is 4.90 Å². The van der Waals surface area contributed by atoms with E-state index < -0.39 is 0 Å². The van der Waals surface area contributed by atoms with Crippen LogP contribution in [0.5, 0.6) is 5.75 Å². The van der Waals surface area contributed by atoms with Gasteiger partial charge in [0, 0.05) is 6.04 Å². The van der Waals surface area contributed by atoms with Crippen LogP contribution in [0.1, 0.15) is 19.3 Å². The molecule has 0 amide bonds. The quantitative estimate of drug-likeness (QED) is 0.793. The molecule has 0 spiro atoms. The lowest BCUT2D eigenvalue weighted by molar-refractivity contribution is 0.125. The fourth-order valence-corrected chi connectivity index (χ4v) is 2.15. The minimum absolute atomic E-state index is 0.536. The molecule has 3 heteroatoms. The number of nitrogens with zero attached hydrogens (tertiary/aromatic N) is 1. The van der Waals surface area contributed by atoms with Crippen molar-refractivity contribution in [2.45, 2.75) is 25.3 Å². The van der Waals surface area contributed by atoms with Crippen molar-refractivity contribution in [1.29, 1.82) is 0 Å². The molecule has 0 saturated carbocycles. The summed E-state index contributed by atoms with van der Waals surface area (Å²) in [7, 11) is 2.17. The molecule has 88 valence electrons. The van der Waals surface area contributed by atoms with E-state index in [1.165, 1.54) is 25.8 Å². The summed E-state index contributed by atoms with van der Waals surface area (Å²) in [6.07, 6.45) is 3.84. The van der Waals surface area contributed by atoms with Crippen molar-refractivity contribution < 1.29 is 4.74 Å². The predicted molar refractivity (Wildman–Crippen MR) is 66.6 cm³/mol. The maximum atomic E-state index is 5.83. The summed E-state index contributed by atoms with van der Waals surface area (Å²) in [6, 6.07) is 8.22. The highest BCUT2D eigenvalue weighted by Gasteiger charge is 2.19. The van der Waals surface area contributed by atoms with E-state index in [-0.39, 0.29) is 0 Å². The number of benzene rings is 1. The highest BCUT2D eigenvalue weighted by molar-refractivity contribution is 5.51. The van der Waals surface area contributed by atoms with Crippen LogP contribution in [0.4, 0.5) is 5.69 Å². The number of para-hydroxylation sites is 2. The molecule has 16 heavy (non-hydrogen) atoms. The molecular formula is C13H20N2O. The Hall–Kier alpha value is -1.22. The molecule has 0 aromatic heterocycles. The molecule has 2 N–H and O–H groups in total. The van der Waals surface area contributed by atoms with Crippen LogP contribution in [0.25, 0.3) is 0 Å². The molecule has 0 aliphatic carbocycles. The Morgan fingerprint density at radius 2 is 2.19 bits per heavy atom. The maximum Gasteiger partial charge on any atom is 0.142 e. The van der Waals surface area contributed by atoms with Crippen LogP contribution in [-0.2, 0) is 0 Å². The van der Waals surface area contributed by atoms with Crippen molar-refractivity contribution in [3.05, 3.63) is 24.3 Å². The standard InChI is InChI=1S/C13H20N2O/c1-15-9-5-4-6-11(15)10-16-13-8-3-2-7-12(13)14/h2-3,7-8,11H,4-6,9-10,14H2,1H3. The van der Waals surface area contributed by atoms with Crippen LogP contribution in [0.3, 0.4) is 0 Å². The van der Waals surface area contributed by atoms with Gasteiger partial charge >= 0.3 is 0 Å². The fourth-order valence-electron chi connectivity index (χ4n) is 2.15. The third-order valence-electron chi connectivity index (χ3n) is 3.27. The van der Waals surface area contributed by atoms with Gasteiger partial charge in [0.25, 0.3) is 0 Å². The zero-order valence-corrected chi connectivity index (χ0v) is 9.86. The van der Waals surface area contributed by atoms with Gasteiger partial charge in [-0.2, -0.15) is 0 Å². The number of anilines is 1. The first-order valence-corrected chi connectivity index (χ1v) is 5.95. The summed E-state index contributed by atoms with van der Waals surface area (Å²) in [5, 5.41) is 0. The average Bonchev–Trinajstić information content (AvgIpc) is 2.30. The Balaban J connectivity index is 1.89. The molecule has 0 radical (unpaired) electrons. The second-order valence-electron chi connectivity index (χ2n) is 4.48. The Morgan fingerprint density at radius 1 is 1.38 bits per heavy atom. The van der Waals surface area contributed by atoms with Crippen molar-refractivity contribution in [2.24, 2.45) is 0 Å². The smallest absolute Gasteiger partial charge is 0.142 e. The third kappa shape index (κ3) is 2.67. The molecule has 0 bridgehead atoms. The Labute approximate surface area is 97.2 Å². The van der Waals surface area contributed by atoms with Gasteiger partial charge < -0.3 is 15.4 Å². The van der Waals surface area contributed by atoms with E-state index in [0.29, 0.717) is 6.04 Å². The average molecular weight is 220 g/mol. The van der Waals surface area contributed by atoms with Crippen LogP contribution in [-0.4, -0.2) is 31.1 Å². The minimum atomic E-state index is 0.536. The number of likely N-dealkylation sites (tertiary alicyclic amines) is 1. The van der Waals surface area contributed by atoms with E-state index in [1.54, 1.807) is 0 Å². The first-order valence-electron chi connectivity index (χ1n) is 5.95. The molecular weight excluding hydrogens is 200 g/mol. The van der Waals surface area contributed by atoms with Crippen LogP contribution in [0.15, 0.2) is 24.3 Å². The molecule has 1 aliphatic heterocycles. The number of nitrogen functional groups attached to an aromatic ring is 1. The van der Waals surface area contributed by atoms with Crippen molar-refractivity contribution in [2.75, 3.05) is 25.9 Å². The maximum absolute atomic E-state index is 5.83. The lowest BCUT2D eigenvalue weighted by atomic mass is 10.0. The number of piperidine rings is 1. The van der Waals surface area contributed by atoms with Crippen molar-refractivity contribution >= 4 is 5.69 Å². The summed E-state index contributed by atoms with van der Waals surface area (Å²) in [5.41, 5.74) is 6.56. The molecule has 1 saturated heterocycles. The minimum Gasteiger partial charge on any atom is -0.490 e. The van der Waals surface area contributed by atoms with E-state index in [0.717, 1.165) is 18.0 Å². The van der Waals surface area contributed by atoms with Gasteiger partial charge in [-0.3, -0.25) is 0 Å². The second-order valence-corrected chi connectivity index (χ2v) is 4.48. The molecule has 1 aliphatic rings. The highest BCUT2D eigenvalue weighted by Crippen LogP contribution is 2.22. The van der Waals surface area contributed by atoms with Crippen LogP contribution < -0.4 is 10.5 Å². The molecule has 1 aromatic carbocycles. The lowest BCUT2D eigenvalue weighted by Crippen LogP contribution is -2.40. The predicted octanol–water partition coefficient (Wildman–Crippen LogP) is 2.13. The molecule has 1 atom stereocenters. The monoisotopic (exact) mass is 220 g/mol. The van der Waals surface area contributed by atoms with Crippen LogP contribution in [0.2, 0.25) is 0 Å². The summed E-state index contributed by atoms with van der Waals surface area (Å²) in [6.45, 7) is 1.92. The number of hydrogen-bond acceptors (Lipinski definition) is 3. The largest absolute Gasteiger partial charge is 0.490 e. The van der Waals surface area contributed by atoms with E-state index in [2.05, 4.69) is 11.9 Å². The molecule has 2 rings (SSSR count). The SMILES string of the molecule is CN1CCCCC1COc1ccccc1N. The number of rotatable bonds is 3. The molecule has 1 heterocycles. The zero-order valence-electron chi connectivity index (χ0n) is 9.86. The third-order valence-corrected chi connectivity index (χ3v) is 3.27. The zero-order chi connectivity index (χ0) is 11.4. The summed E-state index contributed by atoms with van der Waals surface area (Å²) in [4.78, 5) is 2.38. The van der Waals surface area contributed by atoms with Gasteiger partial charge in [0.1, 0.15) is 12.4 Å². The first-order chi connectivity index (χ1) is 7.77. The Bertz CT molecular complexity index is 340. The lowest BCUT2D eigenvalue weighted by Gasteiger charge is -2.32. The van der Waals surface area contributed by atoms with Gasteiger partial charge in [0.2, 0.25) is 0 Å². The first kappa shape index (κ1) is 11.3. The topological polar surface area (TPSA) is 38.5 Å². The Morgan fingerprint density at radius 3 is 2.94 bits per heavy atom. The van der Waals surface area contributed by atoms with Gasteiger partial charge in [0.15, 0.2) is 0 Å².